The molecule has 0 amide bonds. The number of halogens is 1. The molecule has 0 aliphatic heterocycles. The Morgan fingerprint density at radius 3 is 2.75 bits per heavy atom. The molecule has 4 heteroatoms. The Labute approximate surface area is 103 Å². The molecule has 0 unspecified atom stereocenters. The van der Waals surface area contributed by atoms with Gasteiger partial charge in [-0.25, -0.2) is 0 Å². The highest BCUT2D eigenvalue weighted by atomic mass is 35.5. The minimum Gasteiger partial charge on any atom is -0.326 e. The minimum absolute atomic E-state index is 0.420. The third kappa shape index (κ3) is 2.10. The number of thiophene rings is 1. The van der Waals surface area contributed by atoms with E-state index in [2.05, 4.69) is 6.07 Å². The number of benzene rings is 1. The Bertz CT molecular complexity index is 554. The predicted octanol–water partition coefficient (Wildman–Crippen LogP) is 3.40. The number of nitriles is 1. The normalized spacial score (nSPS) is 10.1. The maximum Gasteiger partial charge on any atom is 0.110 e. The molecule has 1 aromatic carbocycles. The van der Waals surface area contributed by atoms with Gasteiger partial charge in [-0.3, -0.25) is 0 Å². The van der Waals surface area contributed by atoms with Crippen LogP contribution in [0.1, 0.15) is 10.4 Å². The summed E-state index contributed by atoms with van der Waals surface area (Å²) < 4.78 is 0. The van der Waals surface area contributed by atoms with Crippen molar-refractivity contribution in [3.05, 3.63) is 45.8 Å². The van der Waals surface area contributed by atoms with E-state index in [0.717, 1.165) is 16.0 Å². The molecule has 16 heavy (non-hydrogen) atoms. The zero-order chi connectivity index (χ0) is 11.5. The Morgan fingerprint density at radius 1 is 1.31 bits per heavy atom. The maximum absolute atomic E-state index is 8.76. The fourth-order valence-corrected chi connectivity index (χ4v) is 2.43. The average Bonchev–Trinajstić information content (AvgIpc) is 2.78. The van der Waals surface area contributed by atoms with Crippen LogP contribution in [-0.4, -0.2) is 0 Å². The molecule has 0 aliphatic rings. The van der Waals surface area contributed by atoms with E-state index in [1.165, 1.54) is 11.3 Å². The number of nitrogens with two attached hydrogens (primary N) is 1. The lowest BCUT2D eigenvalue weighted by molar-refractivity contribution is 1.07. The highest BCUT2D eigenvalue weighted by molar-refractivity contribution is 7.16. The highest BCUT2D eigenvalue weighted by Crippen LogP contribution is 2.30. The summed E-state index contributed by atoms with van der Waals surface area (Å²) in [6, 6.07) is 11.6. The first-order chi connectivity index (χ1) is 7.74. The Morgan fingerprint density at radius 2 is 2.12 bits per heavy atom. The molecule has 2 N–H and O–H groups in total. The topological polar surface area (TPSA) is 49.8 Å². The van der Waals surface area contributed by atoms with Crippen LogP contribution in [0.2, 0.25) is 5.02 Å². The summed E-state index contributed by atoms with van der Waals surface area (Å²) in [7, 11) is 0. The molecule has 0 bridgehead atoms. The Balaban J connectivity index is 2.45. The monoisotopic (exact) mass is 248 g/mol. The predicted molar refractivity (Wildman–Crippen MR) is 67.4 cm³/mol. The average molecular weight is 249 g/mol. The standard InChI is InChI=1S/C12H9ClN2S/c13-11-3-1-8(5-9(11)6-14)12-4-2-10(7-15)16-12/h1-5H,6,14H2. The van der Waals surface area contributed by atoms with Gasteiger partial charge >= 0.3 is 0 Å². The van der Waals surface area contributed by atoms with Gasteiger partial charge in [-0.05, 0) is 35.4 Å². The third-order valence-corrected chi connectivity index (χ3v) is 3.67. The lowest BCUT2D eigenvalue weighted by Gasteiger charge is -2.03. The van der Waals surface area contributed by atoms with Crippen molar-refractivity contribution in [2.75, 3.05) is 0 Å². The smallest absolute Gasteiger partial charge is 0.110 e. The van der Waals surface area contributed by atoms with E-state index in [1.54, 1.807) is 0 Å². The minimum atomic E-state index is 0.420. The molecule has 0 aliphatic carbocycles. The number of rotatable bonds is 2. The first-order valence-electron chi connectivity index (χ1n) is 4.73. The fourth-order valence-electron chi connectivity index (χ4n) is 1.44. The van der Waals surface area contributed by atoms with Gasteiger partial charge in [0.05, 0.1) is 0 Å². The van der Waals surface area contributed by atoms with Gasteiger partial charge in [-0.15, -0.1) is 11.3 Å². The van der Waals surface area contributed by atoms with E-state index in [-0.39, 0.29) is 0 Å². The highest BCUT2D eigenvalue weighted by Gasteiger charge is 2.05. The van der Waals surface area contributed by atoms with Crippen molar-refractivity contribution in [3.8, 4) is 16.5 Å². The summed E-state index contributed by atoms with van der Waals surface area (Å²) in [5, 5.41) is 9.45. The van der Waals surface area contributed by atoms with E-state index in [1.807, 2.05) is 30.3 Å². The molecule has 0 saturated carbocycles. The van der Waals surface area contributed by atoms with Gasteiger partial charge in [-0.1, -0.05) is 17.7 Å². The molecular formula is C12H9ClN2S. The van der Waals surface area contributed by atoms with Crippen molar-refractivity contribution < 1.29 is 0 Å². The number of hydrogen-bond donors (Lipinski definition) is 1. The van der Waals surface area contributed by atoms with Gasteiger partial charge < -0.3 is 5.73 Å². The van der Waals surface area contributed by atoms with Crippen LogP contribution in [0.3, 0.4) is 0 Å². The number of hydrogen-bond acceptors (Lipinski definition) is 3. The second kappa shape index (κ2) is 4.67. The lowest BCUT2D eigenvalue weighted by atomic mass is 10.1. The van der Waals surface area contributed by atoms with Crippen molar-refractivity contribution in [2.24, 2.45) is 5.73 Å². The molecule has 0 radical (unpaired) electrons. The van der Waals surface area contributed by atoms with Gasteiger partial charge in [0.1, 0.15) is 10.9 Å². The summed E-state index contributed by atoms with van der Waals surface area (Å²) in [6.45, 7) is 0.420. The first kappa shape index (κ1) is 11.2. The van der Waals surface area contributed by atoms with E-state index in [0.29, 0.717) is 16.4 Å². The van der Waals surface area contributed by atoms with Crippen LogP contribution in [0.5, 0.6) is 0 Å². The van der Waals surface area contributed by atoms with Gasteiger partial charge in [0.25, 0.3) is 0 Å². The fraction of sp³-hybridized carbons (Fsp3) is 0.0833. The second-order valence-electron chi connectivity index (χ2n) is 3.29. The van der Waals surface area contributed by atoms with Crippen LogP contribution in [0.4, 0.5) is 0 Å². The number of nitrogens with zero attached hydrogens (tertiary/aromatic N) is 1. The van der Waals surface area contributed by atoms with Crippen molar-refractivity contribution in [2.45, 2.75) is 6.54 Å². The van der Waals surface area contributed by atoms with Gasteiger partial charge in [-0.2, -0.15) is 5.26 Å². The van der Waals surface area contributed by atoms with Crippen molar-refractivity contribution in [1.29, 1.82) is 5.26 Å². The quantitative estimate of drug-likeness (QED) is 0.886. The van der Waals surface area contributed by atoms with E-state index < -0.39 is 0 Å². The van der Waals surface area contributed by atoms with E-state index in [4.69, 9.17) is 22.6 Å². The molecule has 80 valence electrons. The van der Waals surface area contributed by atoms with Crippen molar-refractivity contribution in [1.82, 2.24) is 0 Å². The molecule has 0 atom stereocenters. The molecule has 0 fully saturated rings. The molecule has 0 saturated heterocycles. The van der Waals surface area contributed by atoms with Crippen LogP contribution < -0.4 is 5.73 Å². The summed E-state index contributed by atoms with van der Waals surface area (Å²) in [5.41, 5.74) is 7.57. The molecule has 2 rings (SSSR count). The van der Waals surface area contributed by atoms with Crippen molar-refractivity contribution >= 4 is 22.9 Å². The third-order valence-electron chi connectivity index (χ3n) is 2.27. The summed E-state index contributed by atoms with van der Waals surface area (Å²) in [5.74, 6) is 0. The summed E-state index contributed by atoms with van der Waals surface area (Å²) >= 11 is 7.45. The van der Waals surface area contributed by atoms with Crippen LogP contribution in [-0.2, 0) is 6.54 Å². The molecule has 1 aromatic heterocycles. The van der Waals surface area contributed by atoms with Gasteiger partial charge in [0.15, 0.2) is 0 Å². The molecule has 2 nitrogen and oxygen atoms in total. The lowest BCUT2D eigenvalue weighted by Crippen LogP contribution is -1.97. The second-order valence-corrected chi connectivity index (χ2v) is 4.78. The van der Waals surface area contributed by atoms with E-state index >= 15 is 0 Å². The molecule has 2 aromatic rings. The van der Waals surface area contributed by atoms with Crippen LogP contribution in [0.25, 0.3) is 10.4 Å². The van der Waals surface area contributed by atoms with Crippen LogP contribution in [0, 0.1) is 11.3 Å². The van der Waals surface area contributed by atoms with Gasteiger partial charge in [0, 0.05) is 16.4 Å². The zero-order valence-corrected chi connectivity index (χ0v) is 9.98. The van der Waals surface area contributed by atoms with Crippen molar-refractivity contribution in [3.63, 3.8) is 0 Å². The van der Waals surface area contributed by atoms with Crippen LogP contribution in [0.15, 0.2) is 30.3 Å². The zero-order valence-electron chi connectivity index (χ0n) is 8.40. The SMILES string of the molecule is N#Cc1ccc(-c2ccc(Cl)c(CN)c2)s1. The molecular weight excluding hydrogens is 240 g/mol. The van der Waals surface area contributed by atoms with Gasteiger partial charge in [0.2, 0.25) is 0 Å². The Hall–Kier alpha value is -1.34. The molecule has 0 spiro atoms. The summed E-state index contributed by atoms with van der Waals surface area (Å²) in [6.07, 6.45) is 0. The van der Waals surface area contributed by atoms with E-state index in [9.17, 15) is 0 Å². The Kier molecular flexibility index (Phi) is 3.25. The van der Waals surface area contributed by atoms with Crippen LogP contribution >= 0.6 is 22.9 Å². The summed E-state index contributed by atoms with van der Waals surface area (Å²) in [4.78, 5) is 1.77. The first-order valence-corrected chi connectivity index (χ1v) is 5.93. The largest absolute Gasteiger partial charge is 0.326 e. The molecule has 1 heterocycles. The maximum atomic E-state index is 8.76.